The lowest BCUT2D eigenvalue weighted by atomic mass is 9.85. The summed E-state index contributed by atoms with van der Waals surface area (Å²) in [6.45, 7) is 2.00. The molecule has 1 aliphatic carbocycles. The van der Waals surface area contributed by atoms with Gasteiger partial charge in [0.15, 0.2) is 0 Å². The Morgan fingerprint density at radius 1 is 1.29 bits per heavy atom. The number of rotatable bonds is 5. The molecule has 0 aromatic heterocycles. The predicted octanol–water partition coefficient (Wildman–Crippen LogP) is 2.94. The van der Waals surface area contributed by atoms with Crippen LogP contribution in [-0.2, 0) is 9.59 Å². The summed E-state index contributed by atoms with van der Waals surface area (Å²) in [6.07, 6.45) is 3.75. The molecule has 114 valence electrons. The molecule has 3 unspecified atom stereocenters. The quantitative estimate of drug-likeness (QED) is 0.875. The molecule has 1 amide bonds. The zero-order valence-corrected chi connectivity index (χ0v) is 12.4. The van der Waals surface area contributed by atoms with Gasteiger partial charge in [0, 0.05) is 6.04 Å². The largest absolute Gasteiger partial charge is 0.481 e. The molecule has 1 fully saturated rings. The Bertz CT molecular complexity index is 486. The lowest BCUT2D eigenvalue weighted by Crippen LogP contribution is -2.42. The highest BCUT2D eigenvalue weighted by Crippen LogP contribution is 2.26. The maximum absolute atomic E-state index is 12.5. The van der Waals surface area contributed by atoms with E-state index in [2.05, 4.69) is 5.32 Å². The molecule has 2 rings (SSSR count). The summed E-state index contributed by atoms with van der Waals surface area (Å²) in [5.41, 5.74) is 1.02. The van der Waals surface area contributed by atoms with Gasteiger partial charge in [0.25, 0.3) is 0 Å². The molecule has 1 aromatic rings. The molecule has 1 saturated carbocycles. The van der Waals surface area contributed by atoms with Gasteiger partial charge < -0.3 is 10.4 Å². The maximum Gasteiger partial charge on any atom is 0.306 e. The van der Waals surface area contributed by atoms with Crippen molar-refractivity contribution in [3.05, 3.63) is 35.9 Å². The van der Waals surface area contributed by atoms with E-state index in [0.717, 1.165) is 31.2 Å². The average Bonchev–Trinajstić information content (AvgIpc) is 2.49. The molecule has 0 aliphatic heterocycles. The van der Waals surface area contributed by atoms with Gasteiger partial charge in [0.05, 0.1) is 11.8 Å². The monoisotopic (exact) mass is 289 g/mol. The highest BCUT2D eigenvalue weighted by molar-refractivity contribution is 5.84. The number of carboxylic acids is 1. The molecule has 1 aliphatic rings. The Balaban J connectivity index is 1.98. The second-order valence-corrected chi connectivity index (χ2v) is 5.78. The molecule has 21 heavy (non-hydrogen) atoms. The minimum Gasteiger partial charge on any atom is -0.481 e. The van der Waals surface area contributed by atoms with E-state index in [9.17, 15) is 9.59 Å². The van der Waals surface area contributed by atoms with E-state index >= 15 is 0 Å². The fourth-order valence-corrected chi connectivity index (χ4v) is 3.10. The first kappa shape index (κ1) is 15.5. The summed E-state index contributed by atoms with van der Waals surface area (Å²) in [7, 11) is 0. The summed E-state index contributed by atoms with van der Waals surface area (Å²) in [5.74, 6) is -1.21. The fourth-order valence-electron chi connectivity index (χ4n) is 3.10. The standard InChI is InChI=1S/C17H23NO3/c1-2-15(12-7-4-3-5-8-12)16(19)18-14-10-6-9-13(11-14)17(20)21/h3-5,7-8,13-15H,2,6,9-11H2,1H3,(H,18,19)(H,20,21). The van der Waals surface area contributed by atoms with Gasteiger partial charge in [-0.2, -0.15) is 0 Å². The Labute approximate surface area is 125 Å². The summed E-state index contributed by atoms with van der Waals surface area (Å²) in [5, 5.41) is 12.2. The summed E-state index contributed by atoms with van der Waals surface area (Å²) in [4.78, 5) is 23.5. The van der Waals surface area contributed by atoms with Crippen molar-refractivity contribution >= 4 is 11.9 Å². The normalized spacial score (nSPS) is 23.3. The minimum atomic E-state index is -0.746. The van der Waals surface area contributed by atoms with Gasteiger partial charge in [-0.15, -0.1) is 0 Å². The number of hydrogen-bond acceptors (Lipinski definition) is 2. The van der Waals surface area contributed by atoms with Crippen LogP contribution in [0.1, 0.15) is 50.5 Å². The molecule has 1 aromatic carbocycles. The van der Waals surface area contributed by atoms with E-state index in [4.69, 9.17) is 5.11 Å². The van der Waals surface area contributed by atoms with Crippen LogP contribution in [0.15, 0.2) is 30.3 Å². The molecule has 0 radical (unpaired) electrons. The van der Waals surface area contributed by atoms with Gasteiger partial charge in [-0.3, -0.25) is 9.59 Å². The second kappa shape index (κ2) is 7.25. The zero-order chi connectivity index (χ0) is 15.2. The Morgan fingerprint density at radius 2 is 2.00 bits per heavy atom. The molecule has 0 spiro atoms. The van der Waals surface area contributed by atoms with Gasteiger partial charge >= 0.3 is 5.97 Å². The lowest BCUT2D eigenvalue weighted by Gasteiger charge is -2.28. The summed E-state index contributed by atoms with van der Waals surface area (Å²) >= 11 is 0. The number of hydrogen-bond donors (Lipinski definition) is 2. The second-order valence-electron chi connectivity index (χ2n) is 5.78. The van der Waals surface area contributed by atoms with Crippen LogP contribution in [0.3, 0.4) is 0 Å². The van der Waals surface area contributed by atoms with Crippen molar-refractivity contribution in [1.82, 2.24) is 5.32 Å². The van der Waals surface area contributed by atoms with Gasteiger partial charge in [0.2, 0.25) is 5.91 Å². The number of carboxylic acid groups (broad SMARTS) is 1. The van der Waals surface area contributed by atoms with Gasteiger partial charge in [-0.25, -0.2) is 0 Å². The van der Waals surface area contributed by atoms with Crippen LogP contribution in [0, 0.1) is 5.92 Å². The van der Waals surface area contributed by atoms with Crippen molar-refractivity contribution in [2.45, 2.75) is 51.0 Å². The first-order valence-electron chi connectivity index (χ1n) is 7.70. The molecule has 4 heteroatoms. The zero-order valence-electron chi connectivity index (χ0n) is 12.4. The number of carbonyl (C=O) groups excluding carboxylic acids is 1. The third-order valence-electron chi connectivity index (χ3n) is 4.30. The molecule has 0 heterocycles. The Morgan fingerprint density at radius 3 is 2.62 bits per heavy atom. The van der Waals surface area contributed by atoms with Crippen LogP contribution < -0.4 is 5.32 Å². The van der Waals surface area contributed by atoms with Crippen LogP contribution in [0.2, 0.25) is 0 Å². The minimum absolute atomic E-state index is 0.00916. The third-order valence-corrected chi connectivity index (χ3v) is 4.30. The van der Waals surface area contributed by atoms with Crippen molar-refractivity contribution in [3.8, 4) is 0 Å². The fraction of sp³-hybridized carbons (Fsp3) is 0.529. The molecule has 4 nitrogen and oxygen atoms in total. The molecular formula is C17H23NO3. The highest BCUT2D eigenvalue weighted by Gasteiger charge is 2.29. The number of amides is 1. The van der Waals surface area contributed by atoms with Gasteiger partial charge in [-0.1, -0.05) is 43.7 Å². The molecule has 2 N–H and O–H groups in total. The van der Waals surface area contributed by atoms with Gasteiger partial charge in [-0.05, 0) is 31.2 Å². The van der Waals surface area contributed by atoms with E-state index in [0.29, 0.717) is 6.42 Å². The van der Waals surface area contributed by atoms with E-state index in [1.54, 1.807) is 0 Å². The SMILES string of the molecule is CCC(C(=O)NC1CCCC(C(=O)O)C1)c1ccccc1. The maximum atomic E-state index is 12.5. The van der Waals surface area contributed by atoms with Crippen molar-refractivity contribution < 1.29 is 14.7 Å². The number of carbonyl (C=O) groups is 2. The van der Waals surface area contributed by atoms with E-state index in [1.165, 1.54) is 0 Å². The van der Waals surface area contributed by atoms with E-state index in [1.807, 2.05) is 37.3 Å². The Kier molecular flexibility index (Phi) is 5.37. The highest BCUT2D eigenvalue weighted by atomic mass is 16.4. The van der Waals surface area contributed by atoms with Gasteiger partial charge in [0.1, 0.15) is 0 Å². The van der Waals surface area contributed by atoms with Crippen molar-refractivity contribution in [1.29, 1.82) is 0 Å². The first-order valence-corrected chi connectivity index (χ1v) is 7.70. The van der Waals surface area contributed by atoms with Crippen molar-refractivity contribution in [2.75, 3.05) is 0 Å². The van der Waals surface area contributed by atoms with Crippen LogP contribution in [0.25, 0.3) is 0 Å². The Hall–Kier alpha value is -1.84. The van der Waals surface area contributed by atoms with Crippen LogP contribution in [0.5, 0.6) is 0 Å². The number of aliphatic carboxylic acids is 1. The lowest BCUT2D eigenvalue weighted by molar-refractivity contribution is -0.143. The van der Waals surface area contributed by atoms with Crippen molar-refractivity contribution in [3.63, 3.8) is 0 Å². The topological polar surface area (TPSA) is 66.4 Å². The summed E-state index contributed by atoms with van der Waals surface area (Å²) in [6, 6.07) is 9.74. The average molecular weight is 289 g/mol. The van der Waals surface area contributed by atoms with Crippen molar-refractivity contribution in [2.24, 2.45) is 5.92 Å². The third kappa shape index (κ3) is 4.06. The van der Waals surface area contributed by atoms with E-state index in [-0.39, 0.29) is 23.8 Å². The molecular weight excluding hydrogens is 266 g/mol. The summed E-state index contributed by atoms with van der Waals surface area (Å²) < 4.78 is 0. The molecule has 3 atom stereocenters. The predicted molar refractivity (Wildman–Crippen MR) is 81.0 cm³/mol. The molecule has 0 saturated heterocycles. The van der Waals surface area contributed by atoms with Crippen LogP contribution >= 0.6 is 0 Å². The molecule has 0 bridgehead atoms. The van der Waals surface area contributed by atoms with Crippen LogP contribution in [-0.4, -0.2) is 23.0 Å². The van der Waals surface area contributed by atoms with Crippen LogP contribution in [0.4, 0.5) is 0 Å². The smallest absolute Gasteiger partial charge is 0.306 e. The first-order chi connectivity index (χ1) is 10.1. The van der Waals surface area contributed by atoms with E-state index < -0.39 is 5.97 Å². The number of benzene rings is 1. The number of nitrogens with one attached hydrogen (secondary N) is 1.